The van der Waals surface area contributed by atoms with E-state index in [2.05, 4.69) is 25.7 Å². The van der Waals surface area contributed by atoms with Crippen molar-refractivity contribution < 1.29 is 26.3 Å². The van der Waals surface area contributed by atoms with E-state index in [0.29, 0.717) is 0 Å². The molecule has 0 spiro atoms. The number of aromatic nitrogens is 1. The zero-order valence-corrected chi connectivity index (χ0v) is 12.7. The van der Waals surface area contributed by atoms with Crippen molar-refractivity contribution in [3.63, 3.8) is 0 Å². The minimum Gasteiger partial charge on any atom is -0.386 e. The van der Waals surface area contributed by atoms with Gasteiger partial charge in [0.1, 0.15) is 0 Å². The van der Waals surface area contributed by atoms with E-state index in [1.807, 2.05) is 0 Å². The average molecular weight is 466 g/mol. The number of halogens is 6. The largest absolute Gasteiger partial charge is 0.574 e. The molecule has 0 aliphatic rings. The number of hydrogen-bond donors (Lipinski definition) is 0. The summed E-state index contributed by atoms with van der Waals surface area (Å²) in [5, 5.41) is 0. The Morgan fingerprint density at radius 1 is 1.47 bits per heavy atom. The monoisotopic (exact) mass is 465 g/mol. The Kier molecular flexibility index (Phi) is 4.53. The van der Waals surface area contributed by atoms with Gasteiger partial charge in [-0.3, -0.25) is 0 Å². The van der Waals surface area contributed by atoms with Crippen LogP contribution in [-0.4, -0.2) is 19.8 Å². The normalized spacial score (nSPS) is 12.6. The van der Waals surface area contributed by atoms with E-state index in [1.165, 1.54) is 0 Å². The maximum atomic E-state index is 12.0. The van der Waals surface area contributed by atoms with Crippen molar-refractivity contribution in [1.29, 1.82) is 0 Å². The fourth-order valence-electron chi connectivity index (χ4n) is 0.827. The van der Waals surface area contributed by atoms with Crippen LogP contribution in [0.15, 0.2) is 15.6 Å². The first-order valence-electron chi connectivity index (χ1n) is 3.57. The van der Waals surface area contributed by atoms with Crippen LogP contribution in [-0.2, 0) is 9.05 Å². The third-order valence-electron chi connectivity index (χ3n) is 1.35. The first-order chi connectivity index (χ1) is 7.52. The average Bonchev–Trinajstić information content (AvgIpc) is 2.06. The third kappa shape index (κ3) is 4.10. The second-order valence-corrected chi connectivity index (χ2v) is 7.00. The van der Waals surface area contributed by atoms with Crippen molar-refractivity contribution in [2.75, 3.05) is 0 Å². The van der Waals surface area contributed by atoms with E-state index in [1.54, 1.807) is 22.6 Å². The molecule has 1 aromatic heterocycles. The summed E-state index contributed by atoms with van der Waals surface area (Å²) >= 11 is 4.49. The van der Waals surface area contributed by atoms with Crippen LogP contribution in [0.1, 0.15) is 0 Å². The third-order valence-corrected chi connectivity index (χ3v) is 5.33. The molecule has 0 radical (unpaired) electrons. The molecule has 17 heavy (non-hydrogen) atoms. The van der Waals surface area contributed by atoms with Gasteiger partial charge in [0.25, 0.3) is 9.05 Å². The van der Waals surface area contributed by atoms with Gasteiger partial charge in [0, 0.05) is 20.4 Å². The quantitative estimate of drug-likeness (QED) is 0.496. The van der Waals surface area contributed by atoms with Crippen LogP contribution in [0.25, 0.3) is 0 Å². The Morgan fingerprint density at radius 2 is 2.00 bits per heavy atom. The van der Waals surface area contributed by atoms with Crippen molar-refractivity contribution in [1.82, 2.24) is 4.98 Å². The minimum absolute atomic E-state index is 0.137. The summed E-state index contributed by atoms with van der Waals surface area (Å²) in [5.74, 6) is -1.13. The Balaban J connectivity index is 3.47. The van der Waals surface area contributed by atoms with Gasteiger partial charge in [0.05, 0.1) is 4.47 Å². The van der Waals surface area contributed by atoms with Gasteiger partial charge in [-0.2, -0.15) is 0 Å². The molecule has 11 heteroatoms. The van der Waals surface area contributed by atoms with Crippen molar-refractivity contribution in [2.45, 2.75) is 11.3 Å². The fourth-order valence-corrected chi connectivity index (χ4v) is 3.67. The van der Waals surface area contributed by atoms with Gasteiger partial charge in [0.2, 0.25) is 5.88 Å². The molecule has 4 nitrogen and oxygen atoms in total. The highest BCUT2D eigenvalue weighted by atomic mass is 127. The van der Waals surface area contributed by atoms with Crippen molar-refractivity contribution in [3.8, 4) is 5.88 Å². The molecule has 0 aromatic carbocycles. The van der Waals surface area contributed by atoms with Gasteiger partial charge in [0.15, 0.2) is 4.90 Å². The molecule has 0 unspecified atom stereocenters. The summed E-state index contributed by atoms with van der Waals surface area (Å²) in [6.07, 6.45) is -4.05. The Labute approximate surface area is 120 Å². The summed E-state index contributed by atoms with van der Waals surface area (Å²) in [4.78, 5) is 2.39. The van der Waals surface area contributed by atoms with E-state index < -0.39 is 26.2 Å². The van der Waals surface area contributed by atoms with Crippen LogP contribution < -0.4 is 4.74 Å². The molecular weight excluding hydrogens is 465 g/mol. The van der Waals surface area contributed by atoms with Crippen LogP contribution in [0, 0.1) is 3.57 Å². The molecule has 0 aliphatic carbocycles. The van der Waals surface area contributed by atoms with Crippen molar-refractivity contribution >= 4 is 58.3 Å². The highest BCUT2D eigenvalue weighted by molar-refractivity contribution is 14.1. The predicted octanol–water partition coefficient (Wildman–Crippen LogP) is 3.27. The SMILES string of the molecule is O=S(=O)(Cl)c1c(OC(F)(F)F)ncc(I)c1Br. The second kappa shape index (κ2) is 5.05. The summed E-state index contributed by atoms with van der Waals surface area (Å²) in [6, 6.07) is 0. The molecule has 0 aliphatic heterocycles. The van der Waals surface area contributed by atoms with Gasteiger partial charge in [-0.1, -0.05) is 0 Å². The Bertz CT molecular complexity index is 550. The molecule has 0 bridgehead atoms. The van der Waals surface area contributed by atoms with Gasteiger partial charge >= 0.3 is 6.36 Å². The van der Waals surface area contributed by atoms with Gasteiger partial charge in [-0.15, -0.1) is 13.2 Å². The van der Waals surface area contributed by atoms with E-state index in [0.717, 1.165) is 6.20 Å². The molecule has 0 saturated heterocycles. The molecule has 1 rings (SSSR count). The van der Waals surface area contributed by atoms with E-state index in [-0.39, 0.29) is 8.04 Å². The molecule has 0 amide bonds. The summed E-state index contributed by atoms with van der Waals surface area (Å²) < 4.78 is 62.0. The summed E-state index contributed by atoms with van der Waals surface area (Å²) in [5.41, 5.74) is 0. The standard InChI is InChI=1S/C6HBrClF3INO3S/c7-3-2(12)1-13-5(16-6(9,10)11)4(3)17(8,14)15/h1H. The summed E-state index contributed by atoms with van der Waals surface area (Å²) in [6.45, 7) is 0. The fraction of sp³-hybridized carbons (Fsp3) is 0.167. The number of nitrogens with zero attached hydrogens (tertiary/aromatic N) is 1. The molecule has 1 heterocycles. The van der Waals surface area contributed by atoms with Crippen LogP contribution in [0.5, 0.6) is 5.88 Å². The zero-order valence-electron chi connectivity index (χ0n) is 7.43. The zero-order chi connectivity index (χ0) is 13.4. The lowest BCUT2D eigenvalue weighted by Crippen LogP contribution is -2.19. The maximum Gasteiger partial charge on any atom is 0.574 e. The van der Waals surface area contributed by atoms with Crippen LogP contribution in [0.4, 0.5) is 13.2 Å². The van der Waals surface area contributed by atoms with E-state index in [9.17, 15) is 21.6 Å². The Morgan fingerprint density at radius 3 is 2.41 bits per heavy atom. The lowest BCUT2D eigenvalue weighted by Gasteiger charge is -2.12. The molecule has 0 fully saturated rings. The second-order valence-electron chi connectivity index (χ2n) is 2.54. The molecule has 0 saturated carbocycles. The lowest BCUT2D eigenvalue weighted by molar-refractivity contribution is -0.277. The minimum atomic E-state index is -5.06. The maximum absolute atomic E-state index is 12.0. The number of pyridine rings is 1. The first-order valence-corrected chi connectivity index (χ1v) is 7.75. The molecule has 1 aromatic rings. The lowest BCUT2D eigenvalue weighted by atomic mass is 10.5. The molecule has 0 atom stereocenters. The number of rotatable bonds is 2. The molecule has 0 N–H and O–H groups in total. The van der Waals surface area contributed by atoms with Crippen LogP contribution >= 0.6 is 49.2 Å². The predicted molar refractivity (Wildman–Crippen MR) is 64.4 cm³/mol. The van der Waals surface area contributed by atoms with Gasteiger partial charge in [-0.25, -0.2) is 13.4 Å². The number of alkyl halides is 3. The van der Waals surface area contributed by atoms with Crippen LogP contribution in [0.2, 0.25) is 0 Å². The topological polar surface area (TPSA) is 56.3 Å². The first kappa shape index (κ1) is 15.2. The Hall–Kier alpha value is 0.190. The molecular formula is C6HBrClF3INO3S. The smallest absolute Gasteiger partial charge is 0.386 e. The van der Waals surface area contributed by atoms with E-state index in [4.69, 9.17) is 10.7 Å². The van der Waals surface area contributed by atoms with E-state index >= 15 is 0 Å². The van der Waals surface area contributed by atoms with Crippen molar-refractivity contribution in [3.05, 3.63) is 14.2 Å². The highest BCUT2D eigenvalue weighted by Gasteiger charge is 2.36. The van der Waals surface area contributed by atoms with Gasteiger partial charge < -0.3 is 4.74 Å². The summed E-state index contributed by atoms with van der Waals surface area (Å²) in [7, 11) is 0.595. The highest BCUT2D eigenvalue weighted by Crippen LogP contribution is 2.37. The number of ether oxygens (including phenoxy) is 1. The van der Waals surface area contributed by atoms with Gasteiger partial charge in [-0.05, 0) is 38.5 Å². The molecule has 96 valence electrons. The van der Waals surface area contributed by atoms with Crippen molar-refractivity contribution in [2.24, 2.45) is 0 Å². The number of hydrogen-bond acceptors (Lipinski definition) is 4. The van der Waals surface area contributed by atoms with Crippen LogP contribution in [0.3, 0.4) is 0 Å².